The Morgan fingerprint density at radius 2 is 1.88 bits per heavy atom. The Morgan fingerprint density at radius 3 is 2.58 bits per heavy atom. The van der Waals surface area contributed by atoms with Crippen molar-refractivity contribution in [1.29, 1.82) is 0 Å². The second kappa shape index (κ2) is 7.45. The van der Waals surface area contributed by atoms with Crippen LogP contribution in [-0.2, 0) is 4.79 Å². The first-order valence-electron chi connectivity index (χ1n) is 9.09. The molecule has 0 spiro atoms. The molecule has 4 rings (SSSR count). The van der Waals surface area contributed by atoms with Crippen LogP contribution in [0.1, 0.15) is 22.5 Å². The van der Waals surface area contributed by atoms with E-state index in [-0.39, 0.29) is 17.9 Å². The third-order valence-electron chi connectivity index (χ3n) is 5.16. The number of anilines is 1. The van der Waals surface area contributed by atoms with Gasteiger partial charge in [-0.3, -0.25) is 14.5 Å². The number of piperazine rings is 1. The van der Waals surface area contributed by atoms with E-state index in [4.69, 9.17) is 0 Å². The van der Waals surface area contributed by atoms with E-state index in [1.807, 2.05) is 40.7 Å². The highest BCUT2D eigenvalue weighted by atomic mass is 32.1. The summed E-state index contributed by atoms with van der Waals surface area (Å²) in [6, 6.07) is 9.43. The number of rotatable bonds is 3. The molecule has 1 atom stereocenters. The number of H-pyrrole nitrogens is 1. The molecule has 7 heteroatoms. The lowest BCUT2D eigenvalue weighted by Crippen LogP contribution is -2.55. The van der Waals surface area contributed by atoms with Gasteiger partial charge in [0.1, 0.15) is 19.1 Å². The van der Waals surface area contributed by atoms with Gasteiger partial charge in [0, 0.05) is 12.6 Å². The molecule has 1 N–H and O–H groups in total. The molecule has 0 unspecified atom stereocenters. The van der Waals surface area contributed by atoms with Gasteiger partial charge in [0.2, 0.25) is 5.91 Å². The fourth-order valence-electron chi connectivity index (χ4n) is 3.77. The van der Waals surface area contributed by atoms with Crippen molar-refractivity contribution in [3.63, 3.8) is 0 Å². The van der Waals surface area contributed by atoms with Gasteiger partial charge in [-0.25, -0.2) is 4.98 Å². The monoisotopic (exact) mass is 371 g/mol. The summed E-state index contributed by atoms with van der Waals surface area (Å²) < 4.78 is 0. The van der Waals surface area contributed by atoms with E-state index in [1.165, 1.54) is 11.3 Å². The highest BCUT2D eigenvalue weighted by molar-refractivity contribution is 7.12. The lowest BCUT2D eigenvalue weighted by Gasteiger charge is -2.34. The Hall–Kier alpha value is -2.41. The van der Waals surface area contributed by atoms with E-state index in [1.54, 1.807) is 4.90 Å². The number of carbonyl (C=O) groups is 2. The molecule has 0 aliphatic carbocycles. The molecule has 4 heterocycles. The Labute approximate surface area is 157 Å². The summed E-state index contributed by atoms with van der Waals surface area (Å²) in [5.41, 5.74) is 0. The highest BCUT2D eigenvalue weighted by Crippen LogP contribution is 2.24. The summed E-state index contributed by atoms with van der Waals surface area (Å²) in [6.45, 7) is 3.67. The smallest absolute Gasteiger partial charge is 0.274 e. The molecule has 6 nitrogen and oxygen atoms in total. The number of hydrogen-bond donors (Lipinski definition) is 0. The lowest BCUT2D eigenvalue weighted by atomic mass is 10.1. The first kappa shape index (κ1) is 17.0. The zero-order chi connectivity index (χ0) is 17.9. The zero-order valence-corrected chi connectivity index (χ0v) is 15.5. The highest BCUT2D eigenvalue weighted by Gasteiger charge is 2.38. The van der Waals surface area contributed by atoms with Crippen LogP contribution < -0.4 is 9.88 Å². The van der Waals surface area contributed by atoms with Crippen LogP contribution in [-0.4, -0.2) is 60.4 Å². The minimum Gasteiger partial charge on any atom is -0.333 e. The van der Waals surface area contributed by atoms with Gasteiger partial charge in [-0.1, -0.05) is 12.1 Å². The molecule has 0 saturated carbocycles. The van der Waals surface area contributed by atoms with E-state index >= 15 is 0 Å². The Bertz CT molecular complexity index is 757. The van der Waals surface area contributed by atoms with Gasteiger partial charge < -0.3 is 9.80 Å². The maximum Gasteiger partial charge on any atom is 0.274 e. The molecule has 2 aromatic heterocycles. The molecule has 2 amide bonds. The van der Waals surface area contributed by atoms with Crippen molar-refractivity contribution in [3.05, 3.63) is 46.8 Å². The van der Waals surface area contributed by atoms with Crippen LogP contribution >= 0.6 is 11.3 Å². The predicted octanol–water partition coefficient (Wildman–Crippen LogP) is 1.52. The standard InChI is InChI=1S/C19H22N4O2S/c24-18(15-5-3-9-23(15)19(25)16-6-4-14-26-16)22-12-10-21(11-13-22)17-7-1-2-8-20-17/h1-2,4,6-8,14-15H,3,5,9-13H2/p+1/t15-/m1/s1. The van der Waals surface area contributed by atoms with Crippen molar-refractivity contribution in [3.8, 4) is 0 Å². The van der Waals surface area contributed by atoms with E-state index in [2.05, 4.69) is 16.0 Å². The summed E-state index contributed by atoms with van der Waals surface area (Å²) in [6.07, 6.45) is 3.58. The largest absolute Gasteiger partial charge is 0.333 e. The Kier molecular flexibility index (Phi) is 4.88. The van der Waals surface area contributed by atoms with Crippen molar-refractivity contribution in [1.82, 2.24) is 9.80 Å². The van der Waals surface area contributed by atoms with Crippen LogP contribution in [0.4, 0.5) is 5.82 Å². The first-order valence-corrected chi connectivity index (χ1v) is 9.97. The molecule has 2 aliphatic heterocycles. The van der Waals surface area contributed by atoms with Crippen LogP contribution in [0.5, 0.6) is 0 Å². The molecular weight excluding hydrogens is 348 g/mol. The number of aromatic nitrogens is 1. The minimum atomic E-state index is -0.306. The molecular formula is C19H23N4O2S+. The summed E-state index contributed by atoms with van der Waals surface area (Å²) in [5.74, 6) is 1.17. The zero-order valence-electron chi connectivity index (χ0n) is 14.6. The number of amides is 2. The van der Waals surface area contributed by atoms with Crippen molar-refractivity contribution >= 4 is 29.0 Å². The molecule has 0 bridgehead atoms. The molecule has 26 heavy (non-hydrogen) atoms. The topological polar surface area (TPSA) is 58.0 Å². The Morgan fingerprint density at radius 1 is 1.04 bits per heavy atom. The number of hydrogen-bond acceptors (Lipinski definition) is 4. The number of thiophene rings is 1. The van der Waals surface area contributed by atoms with Gasteiger partial charge in [-0.05, 0) is 30.4 Å². The number of likely N-dealkylation sites (tertiary alicyclic amines) is 1. The third-order valence-corrected chi connectivity index (χ3v) is 6.01. The fourth-order valence-corrected chi connectivity index (χ4v) is 4.45. The van der Waals surface area contributed by atoms with Gasteiger partial charge in [-0.2, -0.15) is 0 Å². The summed E-state index contributed by atoms with van der Waals surface area (Å²) in [7, 11) is 0. The first-order chi connectivity index (χ1) is 12.7. The Balaban J connectivity index is 1.39. The van der Waals surface area contributed by atoms with Crippen LogP contribution in [0.2, 0.25) is 0 Å². The summed E-state index contributed by atoms with van der Waals surface area (Å²) in [5, 5.41) is 1.90. The van der Waals surface area contributed by atoms with Crippen LogP contribution in [0.15, 0.2) is 41.9 Å². The van der Waals surface area contributed by atoms with E-state index < -0.39 is 0 Å². The molecule has 0 radical (unpaired) electrons. The number of aromatic amines is 1. The number of nitrogens with one attached hydrogen (secondary N) is 1. The maximum atomic E-state index is 13.0. The predicted molar refractivity (Wildman–Crippen MR) is 100 cm³/mol. The van der Waals surface area contributed by atoms with E-state index in [9.17, 15) is 9.59 Å². The van der Waals surface area contributed by atoms with Gasteiger partial charge >= 0.3 is 0 Å². The number of nitrogens with zero attached hydrogens (tertiary/aromatic N) is 3. The molecule has 2 aliphatic rings. The van der Waals surface area contributed by atoms with Crippen molar-refractivity contribution < 1.29 is 14.6 Å². The van der Waals surface area contributed by atoms with Crippen LogP contribution in [0, 0.1) is 0 Å². The van der Waals surface area contributed by atoms with Gasteiger partial charge in [0.25, 0.3) is 11.7 Å². The maximum absolute atomic E-state index is 13.0. The van der Waals surface area contributed by atoms with Crippen LogP contribution in [0.25, 0.3) is 0 Å². The van der Waals surface area contributed by atoms with Gasteiger partial charge in [0.15, 0.2) is 0 Å². The summed E-state index contributed by atoms with van der Waals surface area (Å²) in [4.78, 5) is 35.6. The average molecular weight is 371 g/mol. The molecule has 2 saturated heterocycles. The third kappa shape index (κ3) is 3.31. The van der Waals surface area contributed by atoms with E-state index in [0.717, 1.165) is 31.7 Å². The molecule has 136 valence electrons. The quantitative estimate of drug-likeness (QED) is 0.822. The second-order valence-corrected chi connectivity index (χ2v) is 7.64. The molecule has 0 aromatic carbocycles. The van der Waals surface area contributed by atoms with Crippen molar-refractivity contribution in [2.75, 3.05) is 37.6 Å². The van der Waals surface area contributed by atoms with Gasteiger partial charge in [-0.15, -0.1) is 11.3 Å². The molecule has 2 aromatic rings. The van der Waals surface area contributed by atoms with E-state index in [0.29, 0.717) is 24.5 Å². The SMILES string of the molecule is O=C([C@H]1CCCN1C(=O)c1cccs1)N1CCN(c2cccc[nH+]2)CC1. The lowest BCUT2D eigenvalue weighted by molar-refractivity contribution is -0.364. The van der Waals surface area contributed by atoms with Crippen LogP contribution in [0.3, 0.4) is 0 Å². The molecule has 2 fully saturated rings. The number of pyridine rings is 1. The van der Waals surface area contributed by atoms with Crippen molar-refractivity contribution in [2.45, 2.75) is 18.9 Å². The van der Waals surface area contributed by atoms with Crippen molar-refractivity contribution in [2.24, 2.45) is 0 Å². The van der Waals surface area contributed by atoms with Gasteiger partial charge in [0.05, 0.1) is 24.2 Å². The second-order valence-electron chi connectivity index (χ2n) is 6.69. The minimum absolute atomic E-state index is 0.00614. The average Bonchev–Trinajstić information content (AvgIpc) is 3.40. The number of carbonyl (C=O) groups excluding carboxylic acids is 2. The fraction of sp³-hybridized carbons (Fsp3) is 0.421. The normalized spacial score (nSPS) is 20.5. The summed E-state index contributed by atoms with van der Waals surface area (Å²) >= 11 is 1.44.